The summed E-state index contributed by atoms with van der Waals surface area (Å²) in [5, 5.41) is 1.16. The first-order valence-corrected chi connectivity index (χ1v) is 8.31. The van der Waals surface area contributed by atoms with E-state index in [0.717, 1.165) is 5.30 Å². The predicted octanol–water partition coefficient (Wildman–Crippen LogP) is 3.78. The first-order chi connectivity index (χ1) is 7.82. The van der Waals surface area contributed by atoms with Crippen molar-refractivity contribution >= 4 is 12.4 Å². The fourth-order valence-electron chi connectivity index (χ4n) is 2.92. The van der Waals surface area contributed by atoms with Crippen LogP contribution in [0.5, 0.6) is 0 Å². The van der Waals surface area contributed by atoms with Crippen molar-refractivity contribution in [2.24, 2.45) is 0 Å². The number of hydrogen-bond acceptors (Lipinski definition) is 1. The second-order valence-electron chi connectivity index (χ2n) is 5.21. The Morgan fingerprint density at radius 3 is 1.75 bits per heavy atom. The van der Waals surface area contributed by atoms with Crippen molar-refractivity contribution in [3.05, 3.63) is 30.3 Å². The molecule has 0 N–H and O–H groups in total. The molecule has 0 bridgehead atoms. The third-order valence-corrected chi connectivity index (χ3v) is 8.70. The normalized spacial score (nSPS) is 22.5. The highest BCUT2D eigenvalue weighted by atomic mass is 31.2. The van der Waals surface area contributed by atoms with Crippen LogP contribution in [0.4, 0.5) is 0 Å². The van der Waals surface area contributed by atoms with Gasteiger partial charge in [0.15, 0.2) is 0 Å². The summed E-state index contributed by atoms with van der Waals surface area (Å²) in [6, 6.07) is 10.3. The van der Waals surface area contributed by atoms with E-state index in [2.05, 4.69) is 12.1 Å². The van der Waals surface area contributed by atoms with Crippen LogP contribution in [0.2, 0.25) is 0 Å². The van der Waals surface area contributed by atoms with Crippen LogP contribution in [-0.2, 0) is 4.57 Å². The zero-order chi connectivity index (χ0) is 11.0. The lowest BCUT2D eigenvalue weighted by molar-refractivity contribution is 0.436. The van der Waals surface area contributed by atoms with E-state index in [0.29, 0.717) is 11.3 Å². The lowest BCUT2D eigenvalue weighted by atomic mass is 9.99. The summed E-state index contributed by atoms with van der Waals surface area (Å²) in [5.41, 5.74) is 1.03. The van der Waals surface area contributed by atoms with Gasteiger partial charge in [-0.2, -0.15) is 0 Å². The van der Waals surface area contributed by atoms with Gasteiger partial charge < -0.3 is 4.57 Å². The lowest BCUT2D eigenvalue weighted by Crippen LogP contribution is -2.34. The van der Waals surface area contributed by atoms with Gasteiger partial charge in [0.05, 0.1) is 0 Å². The van der Waals surface area contributed by atoms with Gasteiger partial charge in [-0.25, -0.2) is 0 Å². The number of rotatable bonds is 3. The summed E-state index contributed by atoms with van der Waals surface area (Å²) in [7, 11) is -2.08. The summed E-state index contributed by atoms with van der Waals surface area (Å²) >= 11 is 0. The number of hydrogen-bond donors (Lipinski definition) is 0. The summed E-state index contributed by atoms with van der Waals surface area (Å²) in [6.07, 6.45) is 7.36. The SMILES string of the molecule is O=P(c1ccccc1)(C1CCC1)C1CCC1. The van der Waals surface area contributed by atoms with Crippen LogP contribution in [0, 0.1) is 0 Å². The van der Waals surface area contributed by atoms with E-state index < -0.39 is 7.14 Å². The molecular formula is C14H19OP. The van der Waals surface area contributed by atoms with Crippen LogP contribution in [0.3, 0.4) is 0 Å². The van der Waals surface area contributed by atoms with Crippen LogP contribution in [0.25, 0.3) is 0 Å². The molecule has 3 rings (SSSR count). The summed E-state index contributed by atoms with van der Waals surface area (Å²) in [5.74, 6) is 0. The first-order valence-electron chi connectivity index (χ1n) is 6.47. The molecule has 0 radical (unpaired) electrons. The molecular weight excluding hydrogens is 215 g/mol. The van der Waals surface area contributed by atoms with Gasteiger partial charge in [-0.1, -0.05) is 43.2 Å². The topological polar surface area (TPSA) is 17.1 Å². The maximum absolute atomic E-state index is 13.4. The van der Waals surface area contributed by atoms with E-state index in [1.165, 1.54) is 38.5 Å². The monoisotopic (exact) mass is 234 g/mol. The van der Waals surface area contributed by atoms with Crippen LogP contribution in [0.1, 0.15) is 38.5 Å². The van der Waals surface area contributed by atoms with Crippen LogP contribution in [-0.4, -0.2) is 11.3 Å². The van der Waals surface area contributed by atoms with Gasteiger partial charge in [0, 0.05) is 16.6 Å². The number of benzene rings is 1. The molecule has 1 aromatic rings. The minimum absolute atomic E-state index is 0.514. The fourth-order valence-corrected chi connectivity index (χ4v) is 7.26. The Balaban J connectivity index is 1.98. The minimum Gasteiger partial charge on any atom is -0.318 e. The average molecular weight is 234 g/mol. The molecule has 0 aliphatic heterocycles. The Hall–Kier alpha value is -0.550. The fraction of sp³-hybridized carbons (Fsp3) is 0.571. The summed E-state index contributed by atoms with van der Waals surface area (Å²) in [4.78, 5) is 0. The van der Waals surface area contributed by atoms with Gasteiger partial charge in [0.25, 0.3) is 0 Å². The molecule has 2 saturated carbocycles. The highest BCUT2D eigenvalue weighted by Crippen LogP contribution is 2.65. The van der Waals surface area contributed by atoms with Gasteiger partial charge >= 0.3 is 0 Å². The molecule has 0 unspecified atom stereocenters. The van der Waals surface area contributed by atoms with E-state index in [-0.39, 0.29) is 0 Å². The van der Waals surface area contributed by atoms with Gasteiger partial charge in [-0.15, -0.1) is 0 Å². The molecule has 0 atom stereocenters. The maximum Gasteiger partial charge on any atom is 0.121 e. The minimum atomic E-state index is -2.08. The highest BCUT2D eigenvalue weighted by Gasteiger charge is 2.46. The molecule has 2 fully saturated rings. The molecule has 1 nitrogen and oxygen atoms in total. The van der Waals surface area contributed by atoms with Crippen LogP contribution >= 0.6 is 7.14 Å². The summed E-state index contributed by atoms with van der Waals surface area (Å²) in [6.45, 7) is 0. The lowest BCUT2D eigenvalue weighted by Gasteiger charge is -2.42. The Morgan fingerprint density at radius 2 is 1.38 bits per heavy atom. The Bertz CT molecular complexity index is 386. The molecule has 2 aliphatic rings. The van der Waals surface area contributed by atoms with Crippen molar-refractivity contribution in [3.8, 4) is 0 Å². The molecule has 0 heterocycles. The Kier molecular flexibility index (Phi) is 2.67. The molecule has 1 aromatic carbocycles. The van der Waals surface area contributed by atoms with Crippen molar-refractivity contribution in [1.29, 1.82) is 0 Å². The third-order valence-electron chi connectivity index (χ3n) is 4.39. The standard InChI is InChI=1S/C14H19OP/c15-16(13-8-4-9-13,14-10-5-11-14)12-6-2-1-3-7-12/h1-3,6-7,13-14H,4-5,8-11H2. The van der Waals surface area contributed by atoms with E-state index in [1.54, 1.807) is 0 Å². The molecule has 2 heteroatoms. The summed E-state index contributed by atoms with van der Waals surface area (Å²) < 4.78 is 13.4. The first kappa shape index (κ1) is 10.6. The van der Waals surface area contributed by atoms with Crippen molar-refractivity contribution in [1.82, 2.24) is 0 Å². The van der Waals surface area contributed by atoms with E-state index >= 15 is 0 Å². The predicted molar refractivity (Wildman–Crippen MR) is 69.0 cm³/mol. The van der Waals surface area contributed by atoms with Gasteiger partial charge in [0.2, 0.25) is 0 Å². The Labute approximate surface area is 97.6 Å². The largest absolute Gasteiger partial charge is 0.318 e. The van der Waals surface area contributed by atoms with Crippen molar-refractivity contribution < 1.29 is 4.57 Å². The smallest absolute Gasteiger partial charge is 0.121 e. The Morgan fingerprint density at radius 1 is 0.875 bits per heavy atom. The second kappa shape index (κ2) is 4.04. The van der Waals surface area contributed by atoms with Gasteiger partial charge in [-0.3, -0.25) is 0 Å². The van der Waals surface area contributed by atoms with E-state index in [1.807, 2.05) is 18.2 Å². The van der Waals surface area contributed by atoms with Crippen molar-refractivity contribution in [2.45, 2.75) is 49.8 Å². The van der Waals surface area contributed by atoms with Crippen molar-refractivity contribution in [2.75, 3.05) is 0 Å². The van der Waals surface area contributed by atoms with E-state index in [9.17, 15) is 4.57 Å². The molecule has 0 aromatic heterocycles. The van der Waals surface area contributed by atoms with Gasteiger partial charge in [-0.05, 0) is 25.7 Å². The molecule has 0 saturated heterocycles. The van der Waals surface area contributed by atoms with E-state index in [4.69, 9.17) is 0 Å². The second-order valence-corrected chi connectivity index (χ2v) is 8.61. The van der Waals surface area contributed by atoms with Gasteiger partial charge in [0.1, 0.15) is 7.14 Å². The third kappa shape index (κ3) is 1.49. The zero-order valence-electron chi connectivity index (χ0n) is 9.64. The zero-order valence-corrected chi connectivity index (χ0v) is 10.5. The quantitative estimate of drug-likeness (QED) is 0.727. The van der Waals surface area contributed by atoms with Crippen molar-refractivity contribution in [3.63, 3.8) is 0 Å². The molecule has 86 valence electrons. The maximum atomic E-state index is 13.4. The average Bonchev–Trinajstić information content (AvgIpc) is 2.13. The van der Waals surface area contributed by atoms with Crippen LogP contribution in [0.15, 0.2) is 30.3 Å². The molecule has 0 spiro atoms. The highest BCUT2D eigenvalue weighted by molar-refractivity contribution is 7.73. The molecule has 0 amide bonds. The van der Waals surface area contributed by atoms with Crippen LogP contribution < -0.4 is 5.30 Å². The molecule has 16 heavy (non-hydrogen) atoms. The molecule has 2 aliphatic carbocycles.